The number of β-lactam (4-membered cyclic amide) rings is 1. The van der Waals surface area contributed by atoms with Gasteiger partial charge in [0.2, 0.25) is 21.4 Å². The molecule has 194 valence electrons. The topological polar surface area (TPSA) is 256 Å². The number of imide groups is 2. The summed E-state index contributed by atoms with van der Waals surface area (Å²) in [5, 5.41) is 12.2. The predicted octanol–water partition coefficient (Wildman–Crippen LogP) is -3.60. The molecule has 2 aliphatic rings. The van der Waals surface area contributed by atoms with E-state index >= 15 is 0 Å². The lowest BCUT2D eigenvalue weighted by molar-refractivity contribution is -0.137. The summed E-state index contributed by atoms with van der Waals surface area (Å²) < 4.78 is 24.0. The van der Waals surface area contributed by atoms with Crippen LogP contribution in [0.5, 0.6) is 5.75 Å². The van der Waals surface area contributed by atoms with Crippen molar-refractivity contribution in [3.63, 3.8) is 0 Å². The first-order valence-corrected chi connectivity index (χ1v) is 11.7. The Bertz CT molecular complexity index is 1290. The van der Waals surface area contributed by atoms with Crippen molar-refractivity contribution in [2.24, 2.45) is 5.73 Å². The number of hydrazine groups is 2. The number of nitrogens with one attached hydrogen (secondary N) is 5. The summed E-state index contributed by atoms with van der Waals surface area (Å²) in [5.74, 6) is -2.75. The maximum atomic E-state index is 12.4. The molecule has 2 aliphatic heterocycles. The van der Waals surface area contributed by atoms with Gasteiger partial charge in [-0.25, -0.2) is 32.7 Å². The van der Waals surface area contributed by atoms with Crippen molar-refractivity contribution in [3.8, 4) is 5.75 Å². The van der Waals surface area contributed by atoms with Gasteiger partial charge >= 0.3 is 18.1 Å². The smallest absolute Gasteiger partial charge is 0.347 e. The van der Waals surface area contributed by atoms with E-state index < -0.39 is 62.9 Å². The van der Waals surface area contributed by atoms with E-state index in [0.717, 1.165) is 34.4 Å². The van der Waals surface area contributed by atoms with Crippen LogP contribution in [0.15, 0.2) is 29.3 Å². The molecule has 36 heavy (non-hydrogen) atoms. The quantitative estimate of drug-likeness (QED) is 0.135. The van der Waals surface area contributed by atoms with E-state index in [2.05, 4.69) is 15.7 Å². The van der Waals surface area contributed by atoms with Crippen molar-refractivity contribution in [2.75, 3.05) is 25.4 Å². The summed E-state index contributed by atoms with van der Waals surface area (Å²) in [6.07, 6.45) is 2.91. The van der Waals surface area contributed by atoms with Gasteiger partial charge in [0.05, 0.1) is 25.4 Å². The number of hydrogen-bond donors (Lipinski definition) is 7. The molecule has 2 saturated heterocycles. The molecule has 19 heteroatoms. The summed E-state index contributed by atoms with van der Waals surface area (Å²) in [7, 11) is -4.13. The van der Waals surface area contributed by atoms with E-state index in [1.54, 1.807) is 4.83 Å². The first-order chi connectivity index (χ1) is 16.9. The van der Waals surface area contributed by atoms with Crippen molar-refractivity contribution in [1.82, 2.24) is 40.8 Å². The van der Waals surface area contributed by atoms with E-state index in [1.165, 1.54) is 0 Å². The van der Waals surface area contributed by atoms with Crippen LogP contribution in [0.4, 0.5) is 14.4 Å². The molecule has 0 spiro atoms. The maximum Gasteiger partial charge on any atom is 0.347 e. The van der Waals surface area contributed by atoms with Crippen LogP contribution >= 0.6 is 0 Å². The Morgan fingerprint density at radius 1 is 1.17 bits per heavy atom. The van der Waals surface area contributed by atoms with E-state index in [1.807, 2.05) is 5.43 Å². The average molecular weight is 527 g/mol. The molecule has 0 saturated carbocycles. The highest BCUT2D eigenvalue weighted by molar-refractivity contribution is 7.89. The number of rotatable bonds is 7. The molecular formula is C17H21N9O9S. The highest BCUT2D eigenvalue weighted by Gasteiger charge is 2.38. The zero-order valence-electron chi connectivity index (χ0n) is 18.3. The van der Waals surface area contributed by atoms with Crippen LogP contribution in [0.2, 0.25) is 0 Å². The van der Waals surface area contributed by atoms with Crippen LogP contribution in [0.1, 0.15) is 10.5 Å². The number of aromatic hydroxyl groups is 1. The minimum absolute atomic E-state index is 0.0387. The molecule has 8 amide bonds. The van der Waals surface area contributed by atoms with E-state index in [0.29, 0.717) is 4.90 Å². The van der Waals surface area contributed by atoms with Crippen molar-refractivity contribution in [3.05, 3.63) is 40.5 Å². The minimum atomic E-state index is -4.13. The fourth-order valence-electron chi connectivity index (χ4n) is 2.86. The Morgan fingerprint density at radius 2 is 1.89 bits per heavy atom. The number of sulfonamides is 1. The highest BCUT2D eigenvalue weighted by atomic mass is 32.2. The molecule has 8 N–H and O–H groups in total. The number of aromatic nitrogens is 1. The second kappa shape index (κ2) is 10.4. The van der Waals surface area contributed by atoms with Crippen molar-refractivity contribution in [1.29, 1.82) is 0 Å². The van der Waals surface area contributed by atoms with Gasteiger partial charge in [-0.2, -0.15) is 0 Å². The normalized spacial score (nSPS) is 17.8. The summed E-state index contributed by atoms with van der Waals surface area (Å²) in [6, 6.07) is -2.84. The number of hydrogen-bond acceptors (Lipinski definition) is 10. The van der Waals surface area contributed by atoms with Gasteiger partial charge in [0.15, 0.2) is 5.75 Å². The van der Waals surface area contributed by atoms with Gasteiger partial charge in [0.1, 0.15) is 11.7 Å². The third-order valence-electron chi connectivity index (χ3n) is 4.79. The number of carbonyl (C=O) groups is 5. The molecule has 0 aliphatic carbocycles. The van der Waals surface area contributed by atoms with Gasteiger partial charge in [0, 0.05) is 18.5 Å². The van der Waals surface area contributed by atoms with E-state index in [4.69, 9.17) is 5.73 Å². The first-order valence-electron chi connectivity index (χ1n) is 10.0. The van der Waals surface area contributed by atoms with Gasteiger partial charge in [-0.15, -0.1) is 4.83 Å². The van der Waals surface area contributed by atoms with Crippen LogP contribution < -0.4 is 32.2 Å². The zero-order valence-corrected chi connectivity index (χ0v) is 19.1. The van der Waals surface area contributed by atoms with Crippen LogP contribution in [0.3, 0.4) is 0 Å². The Kier molecular flexibility index (Phi) is 7.56. The summed E-state index contributed by atoms with van der Waals surface area (Å²) in [5.41, 5.74) is 8.28. The second-order valence-electron chi connectivity index (χ2n) is 7.34. The lowest BCUT2D eigenvalue weighted by Crippen LogP contribution is -2.64. The fourth-order valence-corrected chi connectivity index (χ4v) is 3.53. The molecule has 0 bridgehead atoms. The predicted molar refractivity (Wildman–Crippen MR) is 118 cm³/mol. The number of aromatic amines is 1. The standard InChI is InChI=1S/C17H21N9O9S/c18-9-8-25(14(9)30)15(31)19-2-1-5-36(34,35)23-21-16(32)24-3-4-26(17(24)33)22-13(29)10-6-11(27)12(28)7-20-10/h1-2,6-7,9,23,28H,3-5,8,18H2,(H,19,31)(H,20,27)(H,21,32)(H,22,29). The van der Waals surface area contributed by atoms with Gasteiger partial charge in [-0.05, 0) is 0 Å². The lowest BCUT2D eigenvalue weighted by Gasteiger charge is -2.33. The number of nitrogens with zero attached hydrogens (tertiary/aromatic N) is 3. The summed E-state index contributed by atoms with van der Waals surface area (Å²) >= 11 is 0. The number of amides is 8. The van der Waals surface area contributed by atoms with Gasteiger partial charge in [-0.1, -0.05) is 6.08 Å². The number of H-pyrrole nitrogens is 1. The van der Waals surface area contributed by atoms with Crippen LogP contribution in [0, 0.1) is 0 Å². The fraction of sp³-hybridized carbons (Fsp3) is 0.294. The van der Waals surface area contributed by atoms with Crippen molar-refractivity contribution >= 4 is 39.9 Å². The third kappa shape index (κ3) is 5.95. The number of pyridine rings is 1. The number of carbonyl (C=O) groups excluding carboxylic acids is 5. The number of likely N-dealkylation sites (tertiary alicyclic amines) is 1. The average Bonchev–Trinajstić information content (AvgIpc) is 3.19. The number of nitrogens with two attached hydrogens (primary N) is 1. The zero-order chi connectivity index (χ0) is 26.6. The SMILES string of the molecule is NC1CN(C(=O)NC=CCS(=O)(=O)NNC(=O)N2CCN(NC(=O)c3cc(=O)c(O)c[nH]3)C2=O)C1=O. The largest absolute Gasteiger partial charge is 0.503 e. The Hall–Kier alpha value is -4.49. The third-order valence-corrected chi connectivity index (χ3v) is 5.83. The molecule has 1 aromatic rings. The molecule has 18 nitrogen and oxygen atoms in total. The molecule has 1 aromatic heterocycles. The first kappa shape index (κ1) is 26.1. The Labute approximate surface area is 202 Å². The van der Waals surface area contributed by atoms with Crippen molar-refractivity contribution in [2.45, 2.75) is 6.04 Å². The van der Waals surface area contributed by atoms with Gasteiger partial charge in [0.25, 0.3) is 5.91 Å². The monoisotopic (exact) mass is 527 g/mol. The molecule has 1 unspecified atom stereocenters. The van der Waals surface area contributed by atoms with Crippen LogP contribution in [0.25, 0.3) is 0 Å². The maximum absolute atomic E-state index is 12.4. The summed E-state index contributed by atoms with van der Waals surface area (Å²) in [4.78, 5) is 76.7. The van der Waals surface area contributed by atoms with Crippen LogP contribution in [-0.4, -0.2) is 94.7 Å². The Balaban J connectivity index is 1.44. The van der Waals surface area contributed by atoms with Gasteiger partial charge in [-0.3, -0.25) is 30.1 Å². The highest BCUT2D eigenvalue weighted by Crippen LogP contribution is 2.08. The molecule has 0 radical (unpaired) electrons. The molecule has 0 aromatic carbocycles. The molecule has 3 rings (SSSR count). The lowest BCUT2D eigenvalue weighted by atomic mass is 10.1. The molecule has 2 fully saturated rings. The van der Waals surface area contributed by atoms with Gasteiger partial charge < -0.3 is 21.1 Å². The molecule has 3 heterocycles. The van der Waals surface area contributed by atoms with E-state index in [9.17, 15) is 42.3 Å². The Morgan fingerprint density at radius 3 is 2.53 bits per heavy atom. The molecule has 1 atom stereocenters. The van der Waals surface area contributed by atoms with Crippen molar-refractivity contribution < 1.29 is 37.5 Å². The van der Waals surface area contributed by atoms with Crippen LogP contribution in [-0.2, 0) is 14.8 Å². The number of urea groups is 3. The summed E-state index contributed by atoms with van der Waals surface area (Å²) in [6.45, 7) is -0.305. The molecular weight excluding hydrogens is 506 g/mol. The second-order valence-corrected chi connectivity index (χ2v) is 9.11. The van der Waals surface area contributed by atoms with E-state index in [-0.39, 0.29) is 25.3 Å². The minimum Gasteiger partial charge on any atom is -0.503 e.